The molecule has 15 heavy (non-hydrogen) atoms. The van der Waals surface area contributed by atoms with E-state index in [9.17, 15) is 4.79 Å². The van der Waals surface area contributed by atoms with Crippen LogP contribution in [-0.2, 0) is 4.79 Å². The molecule has 1 atom stereocenters. The largest absolute Gasteiger partial charge is 0.374 e. The molecule has 1 unspecified atom stereocenters. The van der Waals surface area contributed by atoms with Crippen molar-refractivity contribution < 1.29 is 4.79 Å². The molecule has 1 aromatic carbocycles. The molecule has 1 amide bonds. The van der Waals surface area contributed by atoms with Crippen molar-refractivity contribution in [1.82, 2.24) is 5.32 Å². The van der Waals surface area contributed by atoms with E-state index in [1.165, 1.54) is 0 Å². The van der Waals surface area contributed by atoms with Gasteiger partial charge < -0.3 is 10.6 Å². The van der Waals surface area contributed by atoms with Gasteiger partial charge in [-0.1, -0.05) is 12.0 Å². The smallest absolute Gasteiger partial charge is 0.241 e. The van der Waals surface area contributed by atoms with Crippen molar-refractivity contribution in [3.63, 3.8) is 0 Å². The summed E-state index contributed by atoms with van der Waals surface area (Å²) in [7, 11) is 1.61. The molecule has 0 bridgehead atoms. The Balaban J connectivity index is 2.73. The number of benzene rings is 1. The molecule has 0 aliphatic heterocycles. The van der Waals surface area contributed by atoms with Crippen molar-refractivity contribution in [2.75, 3.05) is 12.4 Å². The fourth-order valence-electron chi connectivity index (χ4n) is 1.23. The van der Waals surface area contributed by atoms with Gasteiger partial charge in [0.05, 0.1) is 0 Å². The second-order valence-corrected chi connectivity index (χ2v) is 3.21. The van der Waals surface area contributed by atoms with Gasteiger partial charge in [0.15, 0.2) is 0 Å². The van der Waals surface area contributed by atoms with E-state index >= 15 is 0 Å². The maximum Gasteiger partial charge on any atom is 0.241 e. The van der Waals surface area contributed by atoms with Crippen molar-refractivity contribution >= 4 is 11.6 Å². The molecule has 0 heterocycles. The van der Waals surface area contributed by atoms with Gasteiger partial charge in [0.1, 0.15) is 6.04 Å². The van der Waals surface area contributed by atoms with Crippen molar-refractivity contribution in [3.8, 4) is 12.3 Å². The maximum atomic E-state index is 11.3. The van der Waals surface area contributed by atoms with Crippen molar-refractivity contribution in [2.24, 2.45) is 0 Å². The minimum absolute atomic E-state index is 0.0545. The van der Waals surface area contributed by atoms with E-state index in [0.29, 0.717) is 0 Å². The molecule has 3 heteroatoms. The molecule has 0 saturated heterocycles. The molecule has 1 rings (SSSR count). The van der Waals surface area contributed by atoms with Crippen molar-refractivity contribution in [1.29, 1.82) is 0 Å². The van der Waals surface area contributed by atoms with Gasteiger partial charge in [0.25, 0.3) is 0 Å². The first-order valence-corrected chi connectivity index (χ1v) is 4.72. The van der Waals surface area contributed by atoms with Gasteiger partial charge in [0.2, 0.25) is 5.91 Å². The molecule has 0 radical (unpaired) electrons. The van der Waals surface area contributed by atoms with Gasteiger partial charge in [0, 0.05) is 18.3 Å². The SMILES string of the molecule is C#Cc1cccc(NC(C)C(=O)NC)c1. The van der Waals surface area contributed by atoms with Crippen LogP contribution in [0.4, 0.5) is 5.69 Å². The first kappa shape index (κ1) is 11.1. The number of nitrogens with one attached hydrogen (secondary N) is 2. The van der Waals surface area contributed by atoms with Crippen LogP contribution in [0.1, 0.15) is 12.5 Å². The second-order valence-electron chi connectivity index (χ2n) is 3.21. The number of rotatable bonds is 3. The number of anilines is 1. The van der Waals surface area contributed by atoms with Gasteiger partial charge in [-0.3, -0.25) is 4.79 Å². The van der Waals surface area contributed by atoms with Crippen molar-refractivity contribution in [2.45, 2.75) is 13.0 Å². The lowest BCUT2D eigenvalue weighted by molar-refractivity contribution is -0.121. The van der Waals surface area contributed by atoms with Gasteiger partial charge in [-0.2, -0.15) is 0 Å². The lowest BCUT2D eigenvalue weighted by Crippen LogP contribution is -2.35. The number of carbonyl (C=O) groups is 1. The molecule has 0 saturated carbocycles. The first-order chi connectivity index (χ1) is 7.17. The fraction of sp³-hybridized carbons (Fsp3) is 0.250. The first-order valence-electron chi connectivity index (χ1n) is 4.72. The summed E-state index contributed by atoms with van der Waals surface area (Å²) in [5.74, 6) is 2.49. The molecular formula is C12H14N2O. The molecule has 0 aliphatic carbocycles. The summed E-state index contributed by atoms with van der Waals surface area (Å²) < 4.78 is 0. The summed E-state index contributed by atoms with van der Waals surface area (Å²) in [5.41, 5.74) is 1.64. The molecule has 3 nitrogen and oxygen atoms in total. The van der Waals surface area contributed by atoms with Crippen LogP contribution in [0.3, 0.4) is 0 Å². The van der Waals surface area contributed by atoms with Crippen LogP contribution < -0.4 is 10.6 Å². The Labute approximate surface area is 89.9 Å². The number of hydrogen-bond acceptors (Lipinski definition) is 2. The number of hydrogen-bond donors (Lipinski definition) is 2. The van der Waals surface area contributed by atoms with E-state index < -0.39 is 0 Å². The lowest BCUT2D eigenvalue weighted by Gasteiger charge is -2.13. The minimum atomic E-state index is -0.275. The molecule has 78 valence electrons. The molecule has 0 aromatic heterocycles. The zero-order valence-corrected chi connectivity index (χ0v) is 8.87. The van der Waals surface area contributed by atoms with Crippen LogP contribution in [-0.4, -0.2) is 19.0 Å². The van der Waals surface area contributed by atoms with E-state index in [0.717, 1.165) is 11.3 Å². The van der Waals surface area contributed by atoms with Crippen LogP contribution >= 0.6 is 0 Å². The van der Waals surface area contributed by atoms with E-state index in [1.807, 2.05) is 24.3 Å². The number of amides is 1. The normalized spacial score (nSPS) is 11.3. The van der Waals surface area contributed by atoms with E-state index in [4.69, 9.17) is 6.42 Å². The number of carbonyl (C=O) groups excluding carboxylic acids is 1. The summed E-state index contributed by atoms with van der Waals surface area (Å²) in [6.45, 7) is 1.79. The third kappa shape index (κ3) is 3.03. The highest BCUT2D eigenvalue weighted by Gasteiger charge is 2.09. The molecule has 0 aliphatic rings. The van der Waals surface area contributed by atoms with Crippen LogP contribution in [0.25, 0.3) is 0 Å². The van der Waals surface area contributed by atoms with Gasteiger partial charge >= 0.3 is 0 Å². The van der Waals surface area contributed by atoms with Gasteiger partial charge in [-0.25, -0.2) is 0 Å². The third-order valence-corrected chi connectivity index (χ3v) is 2.05. The summed E-state index contributed by atoms with van der Waals surface area (Å²) in [4.78, 5) is 11.3. The quantitative estimate of drug-likeness (QED) is 0.723. The Bertz CT molecular complexity index is 393. The molecule has 0 spiro atoms. The Morgan fingerprint density at radius 1 is 1.53 bits per heavy atom. The average Bonchev–Trinajstić information content (AvgIpc) is 2.28. The zero-order chi connectivity index (χ0) is 11.3. The monoisotopic (exact) mass is 202 g/mol. The van der Waals surface area contributed by atoms with Crippen LogP contribution in [0.2, 0.25) is 0 Å². The Hall–Kier alpha value is -1.95. The highest BCUT2D eigenvalue weighted by atomic mass is 16.2. The van der Waals surface area contributed by atoms with Gasteiger partial charge in [-0.15, -0.1) is 6.42 Å². The Morgan fingerprint density at radius 3 is 2.87 bits per heavy atom. The number of likely N-dealkylation sites (N-methyl/N-ethyl adjacent to an activating group) is 1. The topological polar surface area (TPSA) is 41.1 Å². The average molecular weight is 202 g/mol. The van der Waals surface area contributed by atoms with E-state index in [-0.39, 0.29) is 11.9 Å². The summed E-state index contributed by atoms with van der Waals surface area (Å²) >= 11 is 0. The van der Waals surface area contributed by atoms with Crippen LogP contribution in [0.15, 0.2) is 24.3 Å². The second kappa shape index (κ2) is 5.06. The third-order valence-electron chi connectivity index (χ3n) is 2.05. The fourth-order valence-corrected chi connectivity index (χ4v) is 1.23. The summed E-state index contributed by atoms with van der Waals surface area (Å²) in [6.07, 6.45) is 5.28. The Kier molecular flexibility index (Phi) is 3.75. The van der Waals surface area contributed by atoms with E-state index in [2.05, 4.69) is 16.6 Å². The predicted octanol–water partition coefficient (Wildman–Crippen LogP) is 1.21. The molecule has 0 fully saturated rings. The zero-order valence-electron chi connectivity index (χ0n) is 8.87. The highest BCUT2D eigenvalue weighted by Crippen LogP contribution is 2.10. The van der Waals surface area contributed by atoms with Crippen molar-refractivity contribution in [3.05, 3.63) is 29.8 Å². The maximum absolute atomic E-state index is 11.3. The van der Waals surface area contributed by atoms with Crippen LogP contribution in [0.5, 0.6) is 0 Å². The summed E-state index contributed by atoms with van der Waals surface area (Å²) in [6, 6.07) is 7.13. The standard InChI is InChI=1S/C12H14N2O/c1-4-10-6-5-7-11(8-10)14-9(2)12(15)13-3/h1,5-9,14H,2-3H3,(H,13,15). The highest BCUT2D eigenvalue weighted by molar-refractivity contribution is 5.83. The van der Waals surface area contributed by atoms with E-state index in [1.54, 1.807) is 14.0 Å². The molecule has 2 N–H and O–H groups in total. The molecule has 1 aromatic rings. The lowest BCUT2D eigenvalue weighted by atomic mass is 10.2. The number of terminal acetylenes is 1. The predicted molar refractivity (Wildman–Crippen MR) is 61.5 cm³/mol. The summed E-state index contributed by atoms with van der Waals surface area (Å²) in [5, 5.41) is 5.63. The Morgan fingerprint density at radius 2 is 2.27 bits per heavy atom. The minimum Gasteiger partial charge on any atom is -0.374 e. The van der Waals surface area contributed by atoms with Gasteiger partial charge in [-0.05, 0) is 25.1 Å². The van der Waals surface area contributed by atoms with Crippen LogP contribution in [0, 0.1) is 12.3 Å². The molecular weight excluding hydrogens is 188 g/mol.